The SMILES string of the molecule is O=C(Cc1ccc(Cl)c(Cl)c1)c1ccc(OCCC(F)(F)F)cc1. The van der Waals surface area contributed by atoms with E-state index < -0.39 is 19.2 Å². The number of alkyl halides is 3. The molecule has 0 spiro atoms. The van der Waals surface area contributed by atoms with E-state index in [0.29, 0.717) is 15.6 Å². The molecule has 0 N–H and O–H groups in total. The van der Waals surface area contributed by atoms with Crippen molar-refractivity contribution in [1.29, 1.82) is 0 Å². The van der Waals surface area contributed by atoms with Crippen LogP contribution in [0.3, 0.4) is 0 Å². The van der Waals surface area contributed by atoms with Crippen molar-refractivity contribution >= 4 is 29.0 Å². The Morgan fingerprint density at radius 1 is 1.00 bits per heavy atom. The molecular formula is C17H13Cl2F3O2. The van der Waals surface area contributed by atoms with Gasteiger partial charge in [-0.3, -0.25) is 4.79 Å². The highest BCUT2D eigenvalue weighted by molar-refractivity contribution is 6.42. The molecule has 2 rings (SSSR count). The van der Waals surface area contributed by atoms with Crippen molar-refractivity contribution in [2.75, 3.05) is 6.61 Å². The second kappa shape index (κ2) is 7.90. The summed E-state index contributed by atoms with van der Waals surface area (Å²) in [6.07, 6.45) is -5.13. The third-order valence-electron chi connectivity index (χ3n) is 3.18. The molecule has 0 amide bonds. The maximum Gasteiger partial charge on any atom is 0.392 e. The van der Waals surface area contributed by atoms with Crippen LogP contribution in [0.25, 0.3) is 0 Å². The smallest absolute Gasteiger partial charge is 0.392 e. The Hall–Kier alpha value is -1.72. The number of carbonyl (C=O) groups excluding carboxylic acids is 1. The van der Waals surface area contributed by atoms with Crippen molar-refractivity contribution in [3.05, 3.63) is 63.6 Å². The number of ether oxygens (including phenoxy) is 1. The van der Waals surface area contributed by atoms with Crippen LogP contribution >= 0.6 is 23.2 Å². The standard InChI is InChI=1S/C17H13Cl2F3O2/c18-14-6-1-11(9-15(14)19)10-16(23)12-2-4-13(5-3-12)24-8-7-17(20,21)22/h1-6,9H,7-8,10H2. The molecular weight excluding hydrogens is 364 g/mol. The van der Waals surface area contributed by atoms with Gasteiger partial charge in [-0.15, -0.1) is 0 Å². The van der Waals surface area contributed by atoms with Gasteiger partial charge in [-0.2, -0.15) is 13.2 Å². The number of halogens is 5. The molecule has 2 aromatic carbocycles. The lowest BCUT2D eigenvalue weighted by atomic mass is 10.0. The van der Waals surface area contributed by atoms with Crippen LogP contribution in [0, 0.1) is 0 Å². The van der Waals surface area contributed by atoms with Crippen LogP contribution in [0.15, 0.2) is 42.5 Å². The molecule has 0 radical (unpaired) electrons. The first-order chi connectivity index (χ1) is 11.2. The van der Waals surface area contributed by atoms with Crippen LogP contribution in [0.4, 0.5) is 13.2 Å². The topological polar surface area (TPSA) is 26.3 Å². The summed E-state index contributed by atoms with van der Waals surface area (Å²) in [7, 11) is 0. The minimum absolute atomic E-state index is 0.143. The second-order valence-electron chi connectivity index (χ2n) is 5.09. The van der Waals surface area contributed by atoms with E-state index in [1.165, 1.54) is 24.3 Å². The van der Waals surface area contributed by atoms with Crippen LogP contribution in [0.5, 0.6) is 5.75 Å². The predicted octanol–water partition coefficient (Wildman–Crippen LogP) is 5.75. The zero-order valence-electron chi connectivity index (χ0n) is 12.4. The van der Waals surface area contributed by atoms with Crippen molar-refractivity contribution < 1.29 is 22.7 Å². The Morgan fingerprint density at radius 2 is 1.67 bits per heavy atom. The van der Waals surface area contributed by atoms with Gasteiger partial charge in [0, 0.05) is 12.0 Å². The Balaban J connectivity index is 1.94. The first-order valence-electron chi connectivity index (χ1n) is 7.01. The molecule has 0 aliphatic carbocycles. The van der Waals surface area contributed by atoms with Crippen molar-refractivity contribution in [3.63, 3.8) is 0 Å². The summed E-state index contributed by atoms with van der Waals surface area (Å²) < 4.78 is 41.1. The molecule has 0 atom stereocenters. The summed E-state index contributed by atoms with van der Waals surface area (Å²) in [5, 5.41) is 0.781. The van der Waals surface area contributed by atoms with Gasteiger partial charge in [-0.05, 0) is 42.0 Å². The first-order valence-corrected chi connectivity index (χ1v) is 7.77. The van der Waals surface area contributed by atoms with Crippen LogP contribution in [0.1, 0.15) is 22.3 Å². The zero-order chi connectivity index (χ0) is 17.7. The lowest BCUT2D eigenvalue weighted by Gasteiger charge is -2.09. The molecule has 0 aliphatic heterocycles. The van der Waals surface area contributed by atoms with Crippen LogP contribution < -0.4 is 4.74 Å². The molecule has 0 heterocycles. The Kier molecular flexibility index (Phi) is 6.13. The highest BCUT2D eigenvalue weighted by Crippen LogP contribution is 2.24. The fourth-order valence-corrected chi connectivity index (χ4v) is 2.28. The summed E-state index contributed by atoms with van der Waals surface area (Å²) in [6.45, 7) is -0.458. The number of rotatable bonds is 6. The maximum atomic E-state index is 12.2. The fraction of sp³-hybridized carbons (Fsp3) is 0.235. The summed E-state index contributed by atoms with van der Waals surface area (Å²) in [5.41, 5.74) is 1.16. The fourth-order valence-electron chi connectivity index (χ4n) is 1.96. The number of hydrogen-bond acceptors (Lipinski definition) is 2. The van der Waals surface area contributed by atoms with E-state index in [9.17, 15) is 18.0 Å². The van der Waals surface area contributed by atoms with E-state index in [-0.39, 0.29) is 18.0 Å². The van der Waals surface area contributed by atoms with Gasteiger partial charge >= 0.3 is 6.18 Å². The molecule has 0 aromatic heterocycles. The Labute approximate surface area is 147 Å². The summed E-state index contributed by atoms with van der Waals surface area (Å²) in [5.74, 6) is 0.139. The van der Waals surface area contributed by atoms with Crippen molar-refractivity contribution in [3.8, 4) is 5.75 Å². The van der Waals surface area contributed by atoms with E-state index in [4.69, 9.17) is 27.9 Å². The van der Waals surface area contributed by atoms with Crippen molar-refractivity contribution in [2.24, 2.45) is 0 Å². The number of Topliss-reactive ketones (excluding diaryl/α,β-unsaturated/α-hetero) is 1. The van der Waals surface area contributed by atoms with Gasteiger partial charge in [0.25, 0.3) is 0 Å². The second-order valence-corrected chi connectivity index (χ2v) is 5.90. The van der Waals surface area contributed by atoms with Crippen LogP contribution in [-0.2, 0) is 6.42 Å². The third kappa shape index (κ3) is 5.73. The molecule has 0 aliphatic rings. The quantitative estimate of drug-likeness (QED) is 0.600. The highest BCUT2D eigenvalue weighted by Gasteiger charge is 2.26. The minimum atomic E-state index is -4.25. The Morgan fingerprint density at radius 3 is 2.25 bits per heavy atom. The van der Waals surface area contributed by atoms with E-state index >= 15 is 0 Å². The molecule has 0 saturated carbocycles. The predicted molar refractivity (Wildman–Crippen MR) is 87.1 cm³/mol. The largest absolute Gasteiger partial charge is 0.493 e. The normalized spacial score (nSPS) is 11.4. The number of carbonyl (C=O) groups is 1. The van der Waals surface area contributed by atoms with Gasteiger partial charge in [0.2, 0.25) is 0 Å². The number of ketones is 1. The Bertz CT molecular complexity index is 713. The molecule has 0 saturated heterocycles. The van der Waals surface area contributed by atoms with E-state index in [1.54, 1.807) is 18.2 Å². The average molecular weight is 377 g/mol. The molecule has 7 heteroatoms. The van der Waals surface area contributed by atoms with Crippen LogP contribution in [-0.4, -0.2) is 18.6 Å². The van der Waals surface area contributed by atoms with Gasteiger partial charge in [0.15, 0.2) is 5.78 Å². The molecule has 0 fully saturated rings. The molecule has 0 bridgehead atoms. The van der Waals surface area contributed by atoms with E-state index in [2.05, 4.69) is 0 Å². The summed E-state index contributed by atoms with van der Waals surface area (Å²) in [4.78, 5) is 12.2. The number of benzene rings is 2. The van der Waals surface area contributed by atoms with Crippen molar-refractivity contribution in [2.45, 2.75) is 19.0 Å². The van der Waals surface area contributed by atoms with Gasteiger partial charge in [0.1, 0.15) is 5.75 Å². The molecule has 24 heavy (non-hydrogen) atoms. The summed E-state index contributed by atoms with van der Waals surface area (Å²) >= 11 is 11.7. The van der Waals surface area contributed by atoms with E-state index in [1.807, 2.05) is 0 Å². The zero-order valence-corrected chi connectivity index (χ0v) is 13.9. The van der Waals surface area contributed by atoms with Gasteiger partial charge in [-0.25, -0.2) is 0 Å². The first kappa shape index (κ1) is 18.6. The van der Waals surface area contributed by atoms with Crippen LogP contribution in [0.2, 0.25) is 10.0 Å². The third-order valence-corrected chi connectivity index (χ3v) is 3.92. The molecule has 128 valence electrons. The minimum Gasteiger partial charge on any atom is -0.493 e. The van der Waals surface area contributed by atoms with Crippen molar-refractivity contribution in [1.82, 2.24) is 0 Å². The highest BCUT2D eigenvalue weighted by atomic mass is 35.5. The lowest BCUT2D eigenvalue weighted by molar-refractivity contribution is -0.139. The molecule has 2 aromatic rings. The lowest BCUT2D eigenvalue weighted by Crippen LogP contribution is -2.13. The van der Waals surface area contributed by atoms with Gasteiger partial charge < -0.3 is 4.74 Å². The average Bonchev–Trinajstić information content (AvgIpc) is 2.50. The van der Waals surface area contributed by atoms with Gasteiger partial charge in [-0.1, -0.05) is 29.3 Å². The molecule has 0 unspecified atom stereocenters. The number of hydrogen-bond donors (Lipinski definition) is 0. The maximum absolute atomic E-state index is 12.2. The van der Waals surface area contributed by atoms with E-state index in [0.717, 1.165) is 5.56 Å². The molecule has 2 nitrogen and oxygen atoms in total. The summed E-state index contributed by atoms with van der Waals surface area (Å²) in [6, 6.07) is 10.9. The monoisotopic (exact) mass is 376 g/mol. The van der Waals surface area contributed by atoms with Gasteiger partial charge in [0.05, 0.1) is 23.1 Å².